The molecular formula is C13H21NO2. The van der Waals surface area contributed by atoms with Crippen LogP contribution in [0.15, 0.2) is 0 Å². The van der Waals surface area contributed by atoms with Gasteiger partial charge >= 0.3 is 0 Å². The van der Waals surface area contributed by atoms with Gasteiger partial charge in [0, 0.05) is 12.8 Å². The largest absolute Gasteiger partial charge is 0.350 e. The van der Waals surface area contributed by atoms with Gasteiger partial charge in [-0.2, -0.15) is 5.26 Å². The van der Waals surface area contributed by atoms with Crippen molar-refractivity contribution >= 4 is 0 Å². The molecule has 3 heteroatoms. The van der Waals surface area contributed by atoms with E-state index in [0.717, 1.165) is 25.9 Å². The van der Waals surface area contributed by atoms with Crippen LogP contribution < -0.4 is 0 Å². The Balaban J connectivity index is 2.06. The Morgan fingerprint density at radius 1 is 1.25 bits per heavy atom. The Morgan fingerprint density at radius 2 is 1.94 bits per heavy atom. The molecule has 2 fully saturated rings. The molecule has 0 aromatic carbocycles. The van der Waals surface area contributed by atoms with E-state index in [9.17, 15) is 0 Å². The lowest BCUT2D eigenvalue weighted by molar-refractivity contribution is -0.316. The van der Waals surface area contributed by atoms with Crippen molar-refractivity contribution in [3.63, 3.8) is 0 Å². The van der Waals surface area contributed by atoms with Gasteiger partial charge in [-0.3, -0.25) is 0 Å². The molecule has 1 spiro atoms. The van der Waals surface area contributed by atoms with Crippen molar-refractivity contribution in [1.29, 1.82) is 5.26 Å². The van der Waals surface area contributed by atoms with Gasteiger partial charge in [-0.25, -0.2) is 0 Å². The topological polar surface area (TPSA) is 42.2 Å². The average molecular weight is 223 g/mol. The lowest BCUT2D eigenvalue weighted by Crippen LogP contribution is -2.50. The van der Waals surface area contributed by atoms with Crippen LogP contribution in [0.2, 0.25) is 0 Å². The zero-order valence-electron chi connectivity index (χ0n) is 10.3. The van der Waals surface area contributed by atoms with Gasteiger partial charge in [0.15, 0.2) is 5.79 Å². The number of hydrogen-bond donors (Lipinski definition) is 0. The van der Waals surface area contributed by atoms with Crippen LogP contribution in [0, 0.1) is 16.7 Å². The van der Waals surface area contributed by atoms with Crippen LogP contribution in [0.3, 0.4) is 0 Å². The number of rotatable bonds is 1. The second-order valence-electron chi connectivity index (χ2n) is 5.55. The van der Waals surface area contributed by atoms with Gasteiger partial charge < -0.3 is 9.47 Å². The first-order chi connectivity index (χ1) is 7.58. The smallest absolute Gasteiger partial charge is 0.168 e. The van der Waals surface area contributed by atoms with Crippen LogP contribution in [0.1, 0.15) is 52.4 Å². The molecule has 1 aliphatic carbocycles. The highest BCUT2D eigenvalue weighted by molar-refractivity contribution is 5.00. The number of nitriles is 1. The van der Waals surface area contributed by atoms with E-state index in [1.54, 1.807) is 0 Å². The molecule has 1 unspecified atom stereocenters. The van der Waals surface area contributed by atoms with Gasteiger partial charge in [0.05, 0.1) is 24.2 Å². The Bertz CT molecular complexity index is 281. The van der Waals surface area contributed by atoms with Crippen molar-refractivity contribution in [1.82, 2.24) is 0 Å². The van der Waals surface area contributed by atoms with E-state index in [2.05, 4.69) is 6.07 Å². The van der Waals surface area contributed by atoms with E-state index in [1.807, 2.05) is 13.8 Å². The minimum Gasteiger partial charge on any atom is -0.350 e. The predicted molar refractivity (Wildman–Crippen MR) is 60.7 cm³/mol. The Kier molecular flexibility index (Phi) is 3.23. The summed E-state index contributed by atoms with van der Waals surface area (Å²) in [6, 6.07) is 2.35. The molecule has 16 heavy (non-hydrogen) atoms. The first-order valence-electron chi connectivity index (χ1n) is 6.31. The van der Waals surface area contributed by atoms with Crippen molar-refractivity contribution in [3.05, 3.63) is 0 Å². The van der Waals surface area contributed by atoms with Crippen molar-refractivity contribution in [2.24, 2.45) is 5.41 Å². The quantitative estimate of drug-likeness (QED) is 0.686. The van der Waals surface area contributed by atoms with Gasteiger partial charge in [-0.05, 0) is 33.1 Å². The summed E-state index contributed by atoms with van der Waals surface area (Å²) in [7, 11) is 0. The molecule has 0 aromatic rings. The van der Waals surface area contributed by atoms with Crippen molar-refractivity contribution in [2.75, 3.05) is 6.61 Å². The molecule has 1 aliphatic heterocycles. The van der Waals surface area contributed by atoms with E-state index >= 15 is 0 Å². The van der Waals surface area contributed by atoms with E-state index in [-0.39, 0.29) is 11.9 Å². The molecule has 0 aromatic heterocycles. The van der Waals surface area contributed by atoms with Crippen LogP contribution in [-0.4, -0.2) is 18.5 Å². The minimum absolute atomic E-state index is 0.0179. The highest BCUT2D eigenvalue weighted by atomic mass is 16.7. The SMILES string of the molecule is CC(C)(C#N)C1CCOC2(CCCCC2)O1. The first kappa shape index (κ1) is 11.9. The van der Waals surface area contributed by atoms with Crippen LogP contribution >= 0.6 is 0 Å². The van der Waals surface area contributed by atoms with Crippen LogP contribution in [-0.2, 0) is 9.47 Å². The van der Waals surface area contributed by atoms with Gasteiger partial charge in [0.1, 0.15) is 0 Å². The molecule has 1 heterocycles. The summed E-state index contributed by atoms with van der Waals surface area (Å²) in [4.78, 5) is 0. The molecule has 2 rings (SSSR count). The van der Waals surface area contributed by atoms with Gasteiger partial charge in [0.2, 0.25) is 0 Å². The van der Waals surface area contributed by atoms with E-state index < -0.39 is 5.41 Å². The zero-order chi connectivity index (χ0) is 11.6. The molecule has 0 radical (unpaired) electrons. The van der Waals surface area contributed by atoms with Gasteiger partial charge in [-0.15, -0.1) is 0 Å². The minimum atomic E-state index is -0.409. The summed E-state index contributed by atoms with van der Waals surface area (Å²) in [6.45, 7) is 4.65. The number of hydrogen-bond acceptors (Lipinski definition) is 3. The van der Waals surface area contributed by atoms with E-state index in [4.69, 9.17) is 14.7 Å². The molecular weight excluding hydrogens is 202 g/mol. The van der Waals surface area contributed by atoms with Gasteiger partial charge in [0.25, 0.3) is 0 Å². The maximum Gasteiger partial charge on any atom is 0.168 e. The molecule has 90 valence electrons. The van der Waals surface area contributed by atoms with Crippen LogP contribution in [0.5, 0.6) is 0 Å². The van der Waals surface area contributed by atoms with E-state index in [1.165, 1.54) is 19.3 Å². The summed E-state index contributed by atoms with van der Waals surface area (Å²) in [5.41, 5.74) is -0.409. The standard InChI is InChI=1S/C13H21NO2/c1-12(2,10-14)11-6-9-15-13(16-11)7-4-3-5-8-13/h11H,3-9H2,1-2H3. The fourth-order valence-corrected chi connectivity index (χ4v) is 2.64. The third-order valence-electron chi connectivity index (χ3n) is 3.81. The Labute approximate surface area is 97.7 Å². The van der Waals surface area contributed by atoms with Crippen molar-refractivity contribution in [3.8, 4) is 6.07 Å². The first-order valence-corrected chi connectivity index (χ1v) is 6.31. The monoisotopic (exact) mass is 223 g/mol. The fourth-order valence-electron chi connectivity index (χ4n) is 2.64. The summed E-state index contributed by atoms with van der Waals surface area (Å²) in [5.74, 6) is -0.366. The molecule has 2 aliphatic rings. The molecule has 1 atom stereocenters. The lowest BCUT2D eigenvalue weighted by atomic mass is 9.84. The van der Waals surface area contributed by atoms with Crippen LogP contribution in [0.25, 0.3) is 0 Å². The summed E-state index contributed by atoms with van der Waals surface area (Å²) in [5, 5.41) is 9.16. The summed E-state index contributed by atoms with van der Waals surface area (Å²) < 4.78 is 12.0. The van der Waals surface area contributed by atoms with Crippen molar-refractivity contribution < 1.29 is 9.47 Å². The summed E-state index contributed by atoms with van der Waals surface area (Å²) in [6.07, 6.45) is 6.47. The highest BCUT2D eigenvalue weighted by Gasteiger charge is 2.44. The average Bonchev–Trinajstić information content (AvgIpc) is 2.30. The Morgan fingerprint density at radius 3 is 2.56 bits per heavy atom. The third kappa shape index (κ3) is 2.23. The predicted octanol–water partition coefficient (Wildman–Crippen LogP) is 3.00. The van der Waals surface area contributed by atoms with Crippen molar-refractivity contribution in [2.45, 2.75) is 64.3 Å². The highest BCUT2D eigenvalue weighted by Crippen LogP contribution is 2.40. The Hall–Kier alpha value is -0.590. The second kappa shape index (κ2) is 4.35. The fraction of sp³-hybridized carbons (Fsp3) is 0.923. The molecule has 0 amide bonds. The molecule has 1 saturated carbocycles. The number of nitrogens with zero attached hydrogens (tertiary/aromatic N) is 1. The maximum absolute atomic E-state index is 9.16. The molecule has 3 nitrogen and oxygen atoms in total. The molecule has 1 saturated heterocycles. The number of ether oxygens (including phenoxy) is 2. The van der Waals surface area contributed by atoms with Crippen LogP contribution in [0.4, 0.5) is 0 Å². The van der Waals surface area contributed by atoms with Gasteiger partial charge in [-0.1, -0.05) is 6.42 Å². The normalized spacial score (nSPS) is 29.9. The maximum atomic E-state index is 9.16. The molecule has 0 bridgehead atoms. The summed E-state index contributed by atoms with van der Waals surface area (Å²) >= 11 is 0. The second-order valence-corrected chi connectivity index (χ2v) is 5.55. The van der Waals surface area contributed by atoms with E-state index in [0.29, 0.717) is 0 Å². The lowest BCUT2D eigenvalue weighted by Gasteiger charge is -2.46. The third-order valence-corrected chi connectivity index (χ3v) is 3.81. The molecule has 0 N–H and O–H groups in total. The zero-order valence-corrected chi connectivity index (χ0v) is 10.3.